The van der Waals surface area contributed by atoms with Gasteiger partial charge < -0.3 is 0 Å². The van der Waals surface area contributed by atoms with Crippen LogP contribution in [0.25, 0.3) is 0 Å². The highest BCUT2D eigenvalue weighted by Gasteiger charge is 2.67. The van der Waals surface area contributed by atoms with Gasteiger partial charge in [-0.15, -0.1) is 61.2 Å². The Morgan fingerprint density at radius 1 is 0.571 bits per heavy atom. The van der Waals surface area contributed by atoms with E-state index in [1.54, 1.807) is 0 Å². The Balaban J connectivity index is 5.30. The van der Waals surface area contributed by atoms with Crippen molar-refractivity contribution < 1.29 is 0 Å². The third kappa shape index (κ3) is 3.86. The van der Waals surface area contributed by atoms with Crippen LogP contribution < -0.4 is 0 Å². The molecule has 0 rings (SSSR count). The Labute approximate surface area is 144 Å². The second-order valence-corrected chi connectivity index (χ2v) is 95.5. The summed E-state index contributed by atoms with van der Waals surface area (Å²) in [4.78, 5) is 0. The molecular formula is C3H9Br7Si4. The van der Waals surface area contributed by atoms with E-state index in [2.05, 4.69) is 127 Å². The van der Waals surface area contributed by atoms with Crippen molar-refractivity contribution in [1.82, 2.24) is 0 Å². The van der Waals surface area contributed by atoms with Crippen molar-refractivity contribution in [3.8, 4) is 0 Å². The van der Waals surface area contributed by atoms with Crippen LogP contribution in [0, 0.1) is 0 Å². The summed E-state index contributed by atoms with van der Waals surface area (Å²) in [7, 11) is -1.25. The maximum Gasteiger partial charge on any atom is 0.277 e. The molecule has 0 bridgehead atoms. The summed E-state index contributed by atoms with van der Waals surface area (Å²) in [5, 5.41) is 0. The molecule has 0 aromatic carbocycles. The fourth-order valence-corrected chi connectivity index (χ4v) is 163. The van der Waals surface area contributed by atoms with Crippen LogP contribution in [-0.4, -0.2) is 19.7 Å². The van der Waals surface area contributed by atoms with E-state index in [1.165, 1.54) is 0 Å². The van der Waals surface area contributed by atoms with E-state index in [4.69, 9.17) is 0 Å². The van der Waals surface area contributed by atoms with Crippen molar-refractivity contribution in [2.75, 3.05) is 0 Å². The minimum Gasteiger partial charge on any atom is -0.116 e. The summed E-state index contributed by atoms with van der Waals surface area (Å²) >= 11 is 27.2. The van der Waals surface area contributed by atoms with Gasteiger partial charge in [0, 0.05) is 0 Å². The molecule has 0 saturated carbocycles. The normalized spacial score (nSPS) is 15.9. The second-order valence-electron chi connectivity index (χ2n) is 3.90. The second kappa shape index (κ2) is 5.69. The molecule has 0 aliphatic rings. The number of rotatable bonds is 3. The standard InChI is InChI=1S/C3H9Br7Si4/c1-11(2,3)13(7,8)14(9,10)12(4,5)6/h1-3H3. The lowest BCUT2D eigenvalue weighted by Gasteiger charge is -2.42. The highest BCUT2D eigenvalue weighted by molar-refractivity contribution is 9.84. The highest BCUT2D eigenvalue weighted by Crippen LogP contribution is 2.55. The zero-order valence-electron chi connectivity index (χ0n) is 7.65. The number of hydrogen-bond acceptors (Lipinski definition) is 0. The molecule has 14 heavy (non-hydrogen) atoms. The van der Waals surface area contributed by atoms with Crippen molar-refractivity contribution in [3.63, 3.8) is 0 Å². The quantitative estimate of drug-likeness (QED) is 0.243. The lowest BCUT2D eigenvalue weighted by Crippen LogP contribution is -2.68. The summed E-state index contributed by atoms with van der Waals surface area (Å²) in [5.41, 5.74) is 0. The first kappa shape index (κ1) is 18.2. The van der Waals surface area contributed by atoms with Crippen LogP contribution in [0.15, 0.2) is 0 Å². The van der Waals surface area contributed by atoms with E-state index >= 15 is 0 Å². The maximum atomic E-state index is 3.99. The summed E-state index contributed by atoms with van der Waals surface area (Å²) in [6, 6.07) is 0. The van der Waals surface area contributed by atoms with Crippen molar-refractivity contribution in [3.05, 3.63) is 0 Å². The summed E-state index contributed by atoms with van der Waals surface area (Å²) in [6.07, 6.45) is 0. The summed E-state index contributed by atoms with van der Waals surface area (Å²) < 4.78 is -5.05. The molecule has 0 radical (unpaired) electrons. The van der Waals surface area contributed by atoms with E-state index in [0.29, 0.717) is 0 Å². The predicted molar refractivity (Wildman–Crippen MR) is 103 cm³/mol. The van der Waals surface area contributed by atoms with Gasteiger partial charge in [-0.05, 0) is 0 Å². The van der Waals surface area contributed by atoms with Crippen molar-refractivity contribution in [2.45, 2.75) is 19.6 Å². The number of halogens is 7. The minimum atomic E-state index is -1.72. The average molecular weight is 717 g/mol. The molecule has 0 nitrogen and oxygen atoms in total. The van der Waals surface area contributed by atoms with Gasteiger partial charge >= 0.3 is 0 Å². The Bertz CT molecular complexity index is 190. The molecule has 0 atom stereocenters. The molecule has 86 valence electrons. The Hall–Kier alpha value is 4.23. The van der Waals surface area contributed by atoms with Gasteiger partial charge in [-0.25, -0.2) is 0 Å². The Morgan fingerprint density at radius 3 is 0.929 bits per heavy atom. The molecule has 0 unspecified atom stereocenters. The molecule has 11 heteroatoms. The monoisotopic (exact) mass is 709 g/mol. The van der Waals surface area contributed by atoms with Crippen LogP contribution in [-0.2, 0) is 0 Å². The third-order valence-electron chi connectivity index (χ3n) is 1.69. The molecule has 0 saturated heterocycles. The predicted octanol–water partition coefficient (Wildman–Crippen LogP) is 6.15. The van der Waals surface area contributed by atoms with Gasteiger partial charge in [0.25, 0.3) is 3.45 Å². The summed E-state index contributed by atoms with van der Waals surface area (Å²) in [5.74, 6) is 0. The van der Waals surface area contributed by atoms with Gasteiger partial charge in [0.2, 0.25) is 8.70 Å². The molecule has 0 N–H and O–H groups in total. The zero-order valence-corrected chi connectivity index (χ0v) is 22.7. The largest absolute Gasteiger partial charge is 0.277 e. The first-order valence-electron chi connectivity index (χ1n) is 3.57. The first-order valence-corrected chi connectivity index (χ1v) is 31.9. The molecule has 0 fully saturated rings. The van der Waals surface area contributed by atoms with E-state index in [0.717, 1.165) is 0 Å². The van der Waals surface area contributed by atoms with Crippen LogP contribution in [0.1, 0.15) is 0 Å². The van der Waals surface area contributed by atoms with Crippen LogP contribution in [0.3, 0.4) is 0 Å². The molecule has 0 heterocycles. The Morgan fingerprint density at radius 2 is 0.857 bits per heavy atom. The van der Waals surface area contributed by atoms with Gasteiger partial charge in [0.05, 0.1) is 7.59 Å². The van der Waals surface area contributed by atoms with Crippen LogP contribution >= 0.6 is 107 Å². The van der Waals surface area contributed by atoms with Crippen LogP contribution in [0.2, 0.25) is 19.6 Å². The van der Waals surface area contributed by atoms with Crippen molar-refractivity contribution in [1.29, 1.82) is 0 Å². The van der Waals surface area contributed by atoms with Gasteiger partial charge in [-0.3, -0.25) is 0 Å². The molecule has 0 aliphatic carbocycles. The molecule has 0 aromatic heterocycles. The lowest BCUT2D eigenvalue weighted by molar-refractivity contribution is 1.86. The maximum absolute atomic E-state index is 3.99. The van der Waals surface area contributed by atoms with E-state index in [-0.39, 0.29) is 0 Å². The Kier molecular flexibility index (Phi) is 7.41. The minimum absolute atomic E-state index is 1.25. The molecule has 0 aliphatic heterocycles. The average Bonchev–Trinajstić information content (AvgIpc) is 1.81. The van der Waals surface area contributed by atoms with E-state index in [1.807, 2.05) is 0 Å². The van der Waals surface area contributed by atoms with E-state index in [9.17, 15) is 0 Å². The fourth-order valence-electron chi connectivity index (χ4n) is 0.649. The van der Waals surface area contributed by atoms with Gasteiger partial charge in [0.1, 0.15) is 0 Å². The van der Waals surface area contributed by atoms with Gasteiger partial charge in [-0.2, -0.15) is 0 Å². The van der Waals surface area contributed by atoms with Crippen molar-refractivity contribution in [2.24, 2.45) is 0 Å². The highest BCUT2D eigenvalue weighted by atomic mass is 80.0. The smallest absolute Gasteiger partial charge is 0.116 e. The fraction of sp³-hybridized carbons (Fsp3) is 1.00. The van der Waals surface area contributed by atoms with E-state index < -0.39 is 19.7 Å². The lowest BCUT2D eigenvalue weighted by atomic mass is 11.8. The van der Waals surface area contributed by atoms with Gasteiger partial charge in [-0.1, -0.05) is 65.5 Å². The molecule has 0 spiro atoms. The zero-order chi connectivity index (χ0) is 12.0. The summed E-state index contributed by atoms with van der Waals surface area (Å²) in [6.45, 7) is 7.17. The van der Waals surface area contributed by atoms with Crippen LogP contribution in [0.5, 0.6) is 0 Å². The van der Waals surface area contributed by atoms with Crippen molar-refractivity contribution >= 4 is 127 Å². The molecule has 0 aromatic rings. The SMILES string of the molecule is C[Si](C)(C)[Si](Br)(Br)[Si](Br)(Br)[Si](Br)(Br)Br. The van der Waals surface area contributed by atoms with Crippen LogP contribution in [0.4, 0.5) is 0 Å². The molecule has 0 amide bonds. The first-order chi connectivity index (χ1) is 5.75. The third-order valence-corrected chi connectivity index (χ3v) is 175. The molecular weight excluding hydrogens is 708 g/mol. The topological polar surface area (TPSA) is 0 Å². The van der Waals surface area contributed by atoms with Gasteiger partial charge in [0.15, 0.2) is 0 Å². The number of hydrogen-bond donors (Lipinski definition) is 0.